The summed E-state index contributed by atoms with van der Waals surface area (Å²) in [5, 5.41) is 1.09. The van der Waals surface area contributed by atoms with Gasteiger partial charge in [-0.1, -0.05) is 17.7 Å². The average Bonchev–Trinajstić information content (AvgIpc) is 3.37. The third-order valence-corrected chi connectivity index (χ3v) is 7.71. The number of fused-ring (bicyclic) bond motifs is 1. The second-order valence-corrected chi connectivity index (χ2v) is 10.5. The Bertz CT molecular complexity index is 1450. The lowest BCUT2D eigenvalue weighted by atomic mass is 10.1. The van der Waals surface area contributed by atoms with E-state index in [0.717, 1.165) is 41.7 Å². The van der Waals surface area contributed by atoms with Crippen LogP contribution in [0, 0.1) is 0 Å². The largest absolute Gasteiger partial charge is 0.354 e. The Morgan fingerprint density at radius 3 is 2.70 bits per heavy atom. The summed E-state index contributed by atoms with van der Waals surface area (Å²) in [6.45, 7) is 3.20. The van der Waals surface area contributed by atoms with Gasteiger partial charge in [0.05, 0.1) is 16.0 Å². The Hall–Kier alpha value is -3.10. The van der Waals surface area contributed by atoms with Gasteiger partial charge in [0.25, 0.3) is 10.0 Å². The van der Waals surface area contributed by atoms with Crippen molar-refractivity contribution in [3.8, 4) is 11.1 Å². The number of aryl methyl sites for hydroxylation is 1. The van der Waals surface area contributed by atoms with E-state index in [1.165, 1.54) is 12.1 Å². The number of pyridine rings is 2. The minimum atomic E-state index is -3.84. The minimum Gasteiger partial charge on any atom is -0.354 e. The number of anilines is 2. The first-order chi connectivity index (χ1) is 15.8. The van der Waals surface area contributed by atoms with Crippen molar-refractivity contribution < 1.29 is 8.42 Å². The number of hydrogen-bond acceptors (Lipinski definition) is 5. The van der Waals surface area contributed by atoms with Gasteiger partial charge in [0.2, 0.25) is 0 Å². The van der Waals surface area contributed by atoms with Crippen molar-refractivity contribution in [3.05, 3.63) is 66.1 Å². The molecule has 5 rings (SSSR count). The molecule has 1 saturated heterocycles. The van der Waals surface area contributed by atoms with Crippen LogP contribution >= 0.6 is 11.6 Å². The van der Waals surface area contributed by atoms with Crippen molar-refractivity contribution in [2.24, 2.45) is 7.05 Å². The lowest BCUT2D eigenvalue weighted by Gasteiger charge is -2.22. The van der Waals surface area contributed by atoms with E-state index in [1.54, 1.807) is 30.6 Å². The summed E-state index contributed by atoms with van der Waals surface area (Å²) in [6.07, 6.45) is 7.69. The van der Waals surface area contributed by atoms with E-state index in [1.807, 2.05) is 23.9 Å². The first-order valence-corrected chi connectivity index (χ1v) is 12.6. The van der Waals surface area contributed by atoms with Crippen molar-refractivity contribution in [1.29, 1.82) is 0 Å². The zero-order valence-corrected chi connectivity index (χ0v) is 19.9. The Kier molecular flexibility index (Phi) is 5.50. The quantitative estimate of drug-likeness (QED) is 0.430. The molecule has 1 unspecified atom stereocenters. The molecule has 1 aliphatic rings. The molecule has 0 radical (unpaired) electrons. The van der Waals surface area contributed by atoms with Crippen LogP contribution in [0.5, 0.6) is 0 Å². The SMILES string of the molecule is CC1CCCN1c1cc(-c2cn(C)c3nccc(NS(=O)(=O)c4cccc(Cl)c4)c23)ccn1. The van der Waals surface area contributed by atoms with Crippen LogP contribution < -0.4 is 9.62 Å². The van der Waals surface area contributed by atoms with Gasteiger partial charge in [-0.05, 0) is 61.7 Å². The second kappa shape index (κ2) is 8.35. The molecule has 1 N–H and O–H groups in total. The molecule has 1 fully saturated rings. The topological polar surface area (TPSA) is 80.1 Å². The first-order valence-electron chi connectivity index (χ1n) is 10.8. The van der Waals surface area contributed by atoms with Crippen LogP contribution in [0.2, 0.25) is 5.02 Å². The molecule has 1 aliphatic heterocycles. The summed E-state index contributed by atoms with van der Waals surface area (Å²) in [5.74, 6) is 0.930. The van der Waals surface area contributed by atoms with Gasteiger partial charge in [0.15, 0.2) is 0 Å². The van der Waals surface area contributed by atoms with Crippen molar-refractivity contribution in [1.82, 2.24) is 14.5 Å². The van der Waals surface area contributed by atoms with Gasteiger partial charge < -0.3 is 9.47 Å². The van der Waals surface area contributed by atoms with Gasteiger partial charge in [-0.25, -0.2) is 18.4 Å². The van der Waals surface area contributed by atoms with Gasteiger partial charge >= 0.3 is 0 Å². The predicted molar refractivity (Wildman–Crippen MR) is 132 cm³/mol. The molecule has 0 saturated carbocycles. The number of benzene rings is 1. The van der Waals surface area contributed by atoms with Gasteiger partial charge in [-0.3, -0.25) is 4.72 Å². The number of rotatable bonds is 5. The highest BCUT2D eigenvalue weighted by molar-refractivity contribution is 7.92. The van der Waals surface area contributed by atoms with Crippen LogP contribution in [-0.2, 0) is 17.1 Å². The molecular formula is C24H24ClN5O2S. The fourth-order valence-electron chi connectivity index (χ4n) is 4.46. The van der Waals surface area contributed by atoms with Gasteiger partial charge in [0, 0.05) is 48.8 Å². The van der Waals surface area contributed by atoms with Gasteiger partial charge in [0.1, 0.15) is 11.5 Å². The van der Waals surface area contributed by atoms with E-state index < -0.39 is 10.0 Å². The molecule has 170 valence electrons. The standard InChI is InChI=1S/C24H24ClN5O2S/c1-16-5-4-12-30(16)22-13-17(8-10-26-22)20-15-29(2)24-23(20)21(9-11-27-24)28-33(31,32)19-7-3-6-18(25)14-19/h3,6-11,13-16H,4-5,12H2,1-2H3,(H,27,28). The number of aromatic nitrogens is 3. The summed E-state index contributed by atoms with van der Waals surface area (Å²) in [6, 6.07) is 12.3. The maximum Gasteiger partial charge on any atom is 0.261 e. The van der Waals surface area contributed by atoms with Crippen molar-refractivity contribution in [2.45, 2.75) is 30.7 Å². The molecule has 7 nitrogen and oxygen atoms in total. The van der Waals surface area contributed by atoms with E-state index in [4.69, 9.17) is 11.6 Å². The summed E-state index contributed by atoms with van der Waals surface area (Å²) >= 11 is 6.02. The number of sulfonamides is 1. The zero-order chi connectivity index (χ0) is 23.2. The molecule has 1 atom stereocenters. The Labute approximate surface area is 198 Å². The summed E-state index contributed by atoms with van der Waals surface area (Å²) < 4.78 is 30.8. The smallest absolute Gasteiger partial charge is 0.261 e. The summed E-state index contributed by atoms with van der Waals surface area (Å²) in [5.41, 5.74) is 2.99. The highest BCUT2D eigenvalue weighted by atomic mass is 35.5. The second-order valence-electron chi connectivity index (χ2n) is 8.36. The van der Waals surface area contributed by atoms with Crippen molar-refractivity contribution in [3.63, 3.8) is 0 Å². The van der Waals surface area contributed by atoms with E-state index in [2.05, 4.69) is 32.6 Å². The van der Waals surface area contributed by atoms with E-state index in [9.17, 15) is 8.42 Å². The number of hydrogen-bond donors (Lipinski definition) is 1. The first kappa shape index (κ1) is 21.7. The van der Waals surface area contributed by atoms with E-state index >= 15 is 0 Å². The van der Waals surface area contributed by atoms with Crippen LogP contribution in [0.15, 0.2) is 66.0 Å². The molecule has 0 amide bonds. The Morgan fingerprint density at radius 1 is 1.12 bits per heavy atom. The molecule has 0 aliphatic carbocycles. The third-order valence-electron chi connectivity index (χ3n) is 6.11. The van der Waals surface area contributed by atoms with Crippen molar-refractivity contribution in [2.75, 3.05) is 16.2 Å². The van der Waals surface area contributed by atoms with Crippen LogP contribution in [0.1, 0.15) is 19.8 Å². The molecule has 3 aromatic heterocycles. The average molecular weight is 482 g/mol. The summed E-state index contributed by atoms with van der Waals surface area (Å²) in [4.78, 5) is 11.5. The number of halogens is 1. The van der Waals surface area contributed by atoms with E-state index in [0.29, 0.717) is 22.4 Å². The van der Waals surface area contributed by atoms with Gasteiger partial charge in [-0.15, -0.1) is 0 Å². The Morgan fingerprint density at radius 2 is 1.94 bits per heavy atom. The van der Waals surface area contributed by atoms with Crippen molar-refractivity contribution >= 4 is 44.2 Å². The fraction of sp³-hybridized carbons (Fsp3) is 0.250. The predicted octanol–water partition coefficient (Wildman–Crippen LogP) is 5.08. The fourth-order valence-corrected chi connectivity index (χ4v) is 5.83. The molecular weight excluding hydrogens is 458 g/mol. The third kappa shape index (κ3) is 4.05. The molecule has 9 heteroatoms. The van der Waals surface area contributed by atoms with Gasteiger partial charge in [-0.2, -0.15) is 0 Å². The molecule has 33 heavy (non-hydrogen) atoms. The summed E-state index contributed by atoms with van der Waals surface area (Å²) in [7, 11) is -1.94. The number of nitrogens with one attached hydrogen (secondary N) is 1. The molecule has 0 spiro atoms. The number of nitrogens with zero attached hydrogens (tertiary/aromatic N) is 4. The monoisotopic (exact) mass is 481 g/mol. The lowest BCUT2D eigenvalue weighted by Crippen LogP contribution is -2.27. The normalized spacial score (nSPS) is 16.5. The maximum atomic E-state index is 13.1. The molecule has 4 heterocycles. The highest BCUT2D eigenvalue weighted by Gasteiger charge is 2.23. The molecule has 0 bridgehead atoms. The Balaban J connectivity index is 1.61. The van der Waals surface area contributed by atoms with Crippen LogP contribution in [0.25, 0.3) is 22.2 Å². The molecule has 1 aromatic carbocycles. The maximum absolute atomic E-state index is 13.1. The minimum absolute atomic E-state index is 0.103. The van der Waals surface area contributed by atoms with Crippen LogP contribution in [-0.4, -0.2) is 35.5 Å². The van der Waals surface area contributed by atoms with E-state index in [-0.39, 0.29) is 4.90 Å². The highest BCUT2D eigenvalue weighted by Crippen LogP contribution is 2.37. The zero-order valence-electron chi connectivity index (χ0n) is 18.4. The lowest BCUT2D eigenvalue weighted by molar-refractivity contribution is 0.601. The van der Waals surface area contributed by atoms with Crippen LogP contribution in [0.4, 0.5) is 11.5 Å². The molecule has 4 aromatic rings. The van der Waals surface area contributed by atoms with Crippen LogP contribution in [0.3, 0.4) is 0 Å².